The fourth-order valence-electron chi connectivity index (χ4n) is 5.99. The molecule has 9 atom stereocenters. The van der Waals surface area contributed by atoms with Crippen LogP contribution in [0.5, 0.6) is 11.5 Å². The lowest BCUT2D eigenvalue weighted by atomic mass is 9.77. The third kappa shape index (κ3) is 7.01. The number of aromatic hydroxyl groups is 2. The largest absolute Gasteiger partial charge is 0.507 e. The van der Waals surface area contributed by atoms with Gasteiger partial charge in [-0.05, 0) is 19.4 Å². The van der Waals surface area contributed by atoms with Gasteiger partial charge in [-0.3, -0.25) is 19.2 Å². The molecule has 7 N–H and O–H groups in total. The van der Waals surface area contributed by atoms with Crippen molar-refractivity contribution < 1.29 is 49.8 Å². The van der Waals surface area contributed by atoms with Gasteiger partial charge >= 0.3 is 0 Å². The second kappa shape index (κ2) is 14.0. The highest BCUT2D eigenvalue weighted by Crippen LogP contribution is 2.41. The number of nitrogens with one attached hydrogen (secondary N) is 1. The van der Waals surface area contributed by atoms with E-state index in [0.29, 0.717) is 0 Å². The van der Waals surface area contributed by atoms with Gasteiger partial charge in [0, 0.05) is 47.3 Å². The topological polar surface area (TPSA) is 202 Å². The molecule has 4 bridgehead atoms. The summed E-state index contributed by atoms with van der Waals surface area (Å²) < 4.78 is 0. The van der Waals surface area contributed by atoms with E-state index in [2.05, 4.69) is 5.32 Å². The average molecular weight is 626 g/mol. The van der Waals surface area contributed by atoms with Gasteiger partial charge in [-0.1, -0.05) is 58.9 Å². The lowest BCUT2D eigenvalue weighted by molar-refractivity contribution is -0.115. The summed E-state index contributed by atoms with van der Waals surface area (Å²) in [7, 11) is 0. The van der Waals surface area contributed by atoms with Crippen molar-refractivity contribution in [2.24, 2.45) is 29.6 Å². The molecule has 1 aromatic rings. The molecular formula is C34H43NO10. The number of phenolic OH excluding ortho intramolecular Hbond substituents is 2. The molecule has 11 nitrogen and oxygen atoms in total. The molecule has 2 aliphatic heterocycles. The highest BCUT2D eigenvalue weighted by atomic mass is 16.3. The van der Waals surface area contributed by atoms with Crippen LogP contribution in [0.1, 0.15) is 78.2 Å². The van der Waals surface area contributed by atoms with E-state index in [4.69, 9.17) is 0 Å². The van der Waals surface area contributed by atoms with Gasteiger partial charge in [0.25, 0.3) is 0 Å². The number of hydrogen-bond acceptors (Lipinski definition) is 10. The Kier molecular flexibility index (Phi) is 11.1. The Labute approximate surface area is 262 Å². The van der Waals surface area contributed by atoms with Crippen LogP contribution >= 0.6 is 0 Å². The summed E-state index contributed by atoms with van der Waals surface area (Å²) in [6.45, 7) is 10.8. The van der Waals surface area contributed by atoms with Crippen LogP contribution in [0.25, 0.3) is 0 Å². The van der Waals surface area contributed by atoms with Gasteiger partial charge in [0.2, 0.25) is 11.7 Å². The zero-order chi connectivity index (χ0) is 34.1. The van der Waals surface area contributed by atoms with Gasteiger partial charge in [0.05, 0.1) is 46.8 Å². The summed E-state index contributed by atoms with van der Waals surface area (Å²) in [6, 6.07) is 0. The van der Waals surface area contributed by atoms with Crippen molar-refractivity contribution in [2.75, 3.05) is 0 Å². The normalized spacial score (nSPS) is 34.9. The highest BCUT2D eigenvalue weighted by molar-refractivity contribution is 6.31. The molecule has 2 heterocycles. The molecule has 0 radical (unpaired) electrons. The van der Waals surface area contributed by atoms with Crippen molar-refractivity contribution >= 4 is 23.3 Å². The smallest absolute Gasteiger partial charge is 0.248 e. The third-order valence-electron chi connectivity index (χ3n) is 9.12. The van der Waals surface area contributed by atoms with Gasteiger partial charge in [0.15, 0.2) is 11.6 Å². The van der Waals surface area contributed by atoms with E-state index in [9.17, 15) is 49.8 Å². The monoisotopic (exact) mass is 625 g/mol. The molecule has 3 aliphatic rings. The first-order chi connectivity index (χ1) is 20.9. The zero-order valence-electron chi connectivity index (χ0n) is 26.5. The van der Waals surface area contributed by atoms with Gasteiger partial charge in [-0.25, -0.2) is 0 Å². The molecule has 1 amide bonds. The number of phenols is 2. The molecule has 4 rings (SSSR count). The van der Waals surface area contributed by atoms with Crippen molar-refractivity contribution in [1.82, 2.24) is 5.32 Å². The number of Topliss-reactive ketones (excluding diaryl/α,β-unsaturated/α-hetero) is 2. The molecule has 11 heteroatoms. The average Bonchev–Trinajstić information content (AvgIpc) is 3.00. The van der Waals surface area contributed by atoms with Crippen molar-refractivity contribution in [3.05, 3.63) is 70.0 Å². The maximum Gasteiger partial charge on any atom is 0.248 e. The van der Waals surface area contributed by atoms with E-state index in [1.165, 1.54) is 32.1 Å². The minimum atomic E-state index is -1.20. The standard InChI is InChI=1S/C34H43NO10/c1-14-10-8-9-11-23(37)35-21-13-22(36)24-25(32(43)20(7)33(44)26(24)34(21)45)29(40)16(3)12-15(2)28(39)18(5)31(42)19(6)30(41)17(4)27(14)38/h8-15,17-19,27-28,30-31,38-39,41-44H,1-7H3,(H,35,37)/b10-8+,11-9-,16-12-/t14-,15?,17+,18+,19+,27-,28-,30+,31+/m0/s1. The fraction of sp³-hybridized carbons (Fsp3) is 0.471. The Morgan fingerprint density at radius 3 is 1.69 bits per heavy atom. The number of allylic oxidation sites excluding steroid dienone is 5. The third-order valence-corrected chi connectivity index (χ3v) is 9.12. The van der Waals surface area contributed by atoms with E-state index in [-0.39, 0.29) is 11.1 Å². The second-order valence-corrected chi connectivity index (χ2v) is 12.4. The fourth-order valence-corrected chi connectivity index (χ4v) is 5.99. The van der Waals surface area contributed by atoms with Crippen molar-refractivity contribution in [3.8, 4) is 11.5 Å². The summed E-state index contributed by atoms with van der Waals surface area (Å²) in [4.78, 5) is 53.0. The first-order valence-corrected chi connectivity index (χ1v) is 14.9. The Hall–Kier alpha value is -3.90. The Bertz CT molecular complexity index is 1500. The Morgan fingerprint density at radius 1 is 0.644 bits per heavy atom. The van der Waals surface area contributed by atoms with Crippen molar-refractivity contribution in [1.29, 1.82) is 0 Å². The van der Waals surface area contributed by atoms with Crippen LogP contribution < -0.4 is 5.32 Å². The molecule has 0 aromatic heterocycles. The van der Waals surface area contributed by atoms with E-state index < -0.39 is 111 Å². The van der Waals surface area contributed by atoms with Crippen molar-refractivity contribution in [3.63, 3.8) is 0 Å². The Balaban J connectivity index is 2.17. The molecule has 244 valence electrons. The lowest BCUT2D eigenvalue weighted by Crippen LogP contribution is -2.45. The van der Waals surface area contributed by atoms with Crippen LogP contribution in [-0.2, 0) is 4.79 Å². The Morgan fingerprint density at radius 2 is 1.13 bits per heavy atom. The molecule has 1 unspecified atom stereocenters. The number of aliphatic hydroxyl groups excluding tert-OH is 4. The highest BCUT2D eigenvalue weighted by Gasteiger charge is 2.39. The number of carbonyl (C=O) groups excluding carboxylic acids is 4. The van der Waals surface area contributed by atoms with Gasteiger partial charge in [0.1, 0.15) is 11.5 Å². The lowest BCUT2D eigenvalue weighted by Gasteiger charge is -2.36. The maximum absolute atomic E-state index is 13.7. The van der Waals surface area contributed by atoms with Crippen LogP contribution in [-0.4, -0.2) is 78.3 Å². The molecular weight excluding hydrogens is 582 g/mol. The number of carbonyl (C=O) groups is 4. The number of hydrogen-bond donors (Lipinski definition) is 7. The molecule has 1 aliphatic carbocycles. The SMILES string of the molecule is C/C1=C/C(C)[C@H](O)[C@@H](C)[C@@H](O)[C@H](C)[C@H](O)[C@H](C)[C@@H](O)[C@@H](C)/C=C/C=C\C(=O)NC2=CC(=O)c3c(c(O)c(C)c(O)c3C1=O)C2=O. The van der Waals surface area contributed by atoms with Crippen LogP contribution in [0.3, 0.4) is 0 Å². The van der Waals surface area contributed by atoms with Gasteiger partial charge < -0.3 is 36.0 Å². The zero-order valence-corrected chi connectivity index (χ0v) is 26.5. The number of aliphatic hydroxyl groups is 4. The summed E-state index contributed by atoms with van der Waals surface area (Å²) in [5.41, 5.74) is -2.23. The van der Waals surface area contributed by atoms with Crippen LogP contribution in [0.2, 0.25) is 0 Å². The number of rotatable bonds is 0. The number of amides is 1. The molecule has 1 aromatic carbocycles. The molecule has 0 saturated heterocycles. The molecule has 0 saturated carbocycles. The first kappa shape index (κ1) is 35.6. The van der Waals surface area contributed by atoms with E-state index in [1.54, 1.807) is 40.7 Å². The first-order valence-electron chi connectivity index (χ1n) is 14.9. The van der Waals surface area contributed by atoms with Crippen LogP contribution in [0, 0.1) is 36.5 Å². The van der Waals surface area contributed by atoms with Crippen LogP contribution in [0.4, 0.5) is 0 Å². The molecule has 0 spiro atoms. The molecule has 45 heavy (non-hydrogen) atoms. The van der Waals surface area contributed by atoms with E-state index >= 15 is 0 Å². The number of fused-ring (bicyclic) bond motifs is 15. The summed E-state index contributed by atoms with van der Waals surface area (Å²) >= 11 is 0. The van der Waals surface area contributed by atoms with Gasteiger partial charge in [-0.2, -0.15) is 0 Å². The summed E-state index contributed by atoms with van der Waals surface area (Å²) in [5, 5.41) is 68.1. The minimum Gasteiger partial charge on any atom is -0.507 e. The van der Waals surface area contributed by atoms with Crippen LogP contribution in [0.15, 0.2) is 47.7 Å². The summed E-state index contributed by atoms with van der Waals surface area (Å²) in [5.74, 6) is -8.32. The quantitative estimate of drug-likeness (QED) is 0.225. The van der Waals surface area contributed by atoms with E-state index in [0.717, 1.165) is 12.2 Å². The van der Waals surface area contributed by atoms with E-state index in [1.807, 2.05) is 0 Å². The summed E-state index contributed by atoms with van der Waals surface area (Å²) in [6.07, 6.45) is 3.16. The minimum absolute atomic E-state index is 0.00371. The van der Waals surface area contributed by atoms with Crippen molar-refractivity contribution in [2.45, 2.75) is 72.9 Å². The number of ketones is 3. The number of benzene rings is 1. The van der Waals surface area contributed by atoms with Gasteiger partial charge in [-0.15, -0.1) is 0 Å². The predicted molar refractivity (Wildman–Crippen MR) is 166 cm³/mol. The maximum atomic E-state index is 13.7. The second-order valence-electron chi connectivity index (χ2n) is 12.4. The molecule has 0 fully saturated rings. The predicted octanol–water partition coefficient (Wildman–Crippen LogP) is 2.66.